The van der Waals surface area contributed by atoms with Crippen molar-refractivity contribution >= 4 is 10.0 Å². The zero-order valence-corrected chi connectivity index (χ0v) is 10.2. The van der Waals surface area contributed by atoms with Crippen LogP contribution in [0, 0.1) is 0 Å². The van der Waals surface area contributed by atoms with Crippen LogP contribution in [0.2, 0.25) is 0 Å². The second-order valence-corrected chi connectivity index (χ2v) is 5.38. The Kier molecular flexibility index (Phi) is 3.75. The second kappa shape index (κ2) is 5.30. The van der Waals surface area contributed by atoms with Gasteiger partial charge in [-0.25, -0.2) is 13.1 Å². The van der Waals surface area contributed by atoms with E-state index in [0.717, 1.165) is 0 Å². The van der Waals surface area contributed by atoms with E-state index in [0.29, 0.717) is 11.3 Å². The van der Waals surface area contributed by atoms with Gasteiger partial charge in [-0.1, -0.05) is 17.3 Å². The number of benzene rings is 1. The third-order valence-electron chi connectivity index (χ3n) is 2.32. The first-order valence-electron chi connectivity index (χ1n) is 5.21. The zero-order valence-electron chi connectivity index (χ0n) is 9.41. The molecule has 0 saturated carbocycles. The van der Waals surface area contributed by atoms with Crippen molar-refractivity contribution in [3.8, 4) is 0 Å². The maximum absolute atomic E-state index is 11.9. The van der Waals surface area contributed by atoms with Crippen molar-refractivity contribution in [2.24, 2.45) is 0 Å². The van der Waals surface area contributed by atoms with Crippen LogP contribution in [-0.4, -0.2) is 18.7 Å². The van der Waals surface area contributed by atoms with Gasteiger partial charge in [0.25, 0.3) is 0 Å². The highest BCUT2D eigenvalue weighted by molar-refractivity contribution is 7.89. The van der Waals surface area contributed by atoms with E-state index in [4.69, 9.17) is 9.63 Å². The van der Waals surface area contributed by atoms with Crippen LogP contribution in [0.5, 0.6) is 0 Å². The van der Waals surface area contributed by atoms with Gasteiger partial charge in [0.15, 0.2) is 5.76 Å². The van der Waals surface area contributed by atoms with Gasteiger partial charge in [-0.15, -0.1) is 0 Å². The zero-order chi connectivity index (χ0) is 13.0. The molecule has 6 nitrogen and oxygen atoms in total. The van der Waals surface area contributed by atoms with E-state index in [1.807, 2.05) is 0 Å². The molecule has 1 aromatic carbocycles. The average molecular weight is 268 g/mol. The lowest BCUT2D eigenvalue weighted by atomic mass is 10.2. The van der Waals surface area contributed by atoms with Crippen LogP contribution in [0.25, 0.3) is 0 Å². The van der Waals surface area contributed by atoms with Crippen molar-refractivity contribution in [2.75, 3.05) is 0 Å². The number of nitrogens with zero attached hydrogens (tertiary/aromatic N) is 1. The maximum atomic E-state index is 11.9. The van der Waals surface area contributed by atoms with E-state index >= 15 is 0 Å². The Morgan fingerprint density at radius 2 is 2.17 bits per heavy atom. The number of hydrogen-bond acceptors (Lipinski definition) is 5. The van der Waals surface area contributed by atoms with Crippen molar-refractivity contribution in [1.82, 2.24) is 9.88 Å². The molecule has 18 heavy (non-hydrogen) atoms. The Morgan fingerprint density at radius 3 is 2.83 bits per heavy atom. The SMILES string of the molecule is O=S(=O)(NCc1ccno1)c1cccc(CO)c1. The van der Waals surface area contributed by atoms with E-state index < -0.39 is 10.0 Å². The van der Waals surface area contributed by atoms with Crippen LogP contribution in [0.15, 0.2) is 45.9 Å². The van der Waals surface area contributed by atoms with E-state index in [-0.39, 0.29) is 18.0 Å². The van der Waals surface area contributed by atoms with E-state index in [9.17, 15) is 8.42 Å². The van der Waals surface area contributed by atoms with Crippen molar-refractivity contribution in [2.45, 2.75) is 18.0 Å². The van der Waals surface area contributed by atoms with Gasteiger partial charge >= 0.3 is 0 Å². The normalized spacial score (nSPS) is 11.6. The van der Waals surface area contributed by atoms with Crippen LogP contribution in [0.3, 0.4) is 0 Å². The fraction of sp³-hybridized carbons (Fsp3) is 0.182. The van der Waals surface area contributed by atoms with Gasteiger partial charge in [-0.05, 0) is 17.7 Å². The summed E-state index contributed by atoms with van der Waals surface area (Å²) in [5.41, 5.74) is 0.539. The summed E-state index contributed by atoms with van der Waals surface area (Å²) in [6.07, 6.45) is 1.44. The standard InChI is InChI=1S/C11H12N2O4S/c14-8-9-2-1-3-11(6-9)18(15,16)13-7-10-4-5-12-17-10/h1-6,13-14H,7-8H2. The van der Waals surface area contributed by atoms with Crippen LogP contribution in [0.4, 0.5) is 0 Å². The molecule has 0 aliphatic carbocycles. The smallest absolute Gasteiger partial charge is 0.240 e. The van der Waals surface area contributed by atoms with Crippen molar-refractivity contribution in [3.05, 3.63) is 47.9 Å². The number of rotatable bonds is 5. The Hall–Kier alpha value is -1.70. The second-order valence-electron chi connectivity index (χ2n) is 3.61. The molecular formula is C11H12N2O4S. The van der Waals surface area contributed by atoms with E-state index in [1.165, 1.54) is 18.3 Å². The predicted octanol–water partition coefficient (Wildman–Crippen LogP) is 0.645. The number of sulfonamides is 1. The number of aliphatic hydroxyl groups is 1. The highest BCUT2D eigenvalue weighted by Crippen LogP contribution is 2.12. The number of nitrogens with one attached hydrogen (secondary N) is 1. The minimum Gasteiger partial charge on any atom is -0.392 e. The first kappa shape index (κ1) is 12.7. The monoisotopic (exact) mass is 268 g/mol. The first-order chi connectivity index (χ1) is 8.62. The Balaban J connectivity index is 2.14. The van der Waals surface area contributed by atoms with E-state index in [1.54, 1.807) is 18.2 Å². The summed E-state index contributed by atoms with van der Waals surface area (Å²) in [7, 11) is -3.62. The number of hydrogen-bond donors (Lipinski definition) is 2. The van der Waals surface area contributed by atoms with Gasteiger partial charge in [0.05, 0.1) is 24.2 Å². The number of aliphatic hydroxyl groups excluding tert-OH is 1. The molecule has 1 heterocycles. The van der Waals surface area contributed by atoms with Gasteiger partial charge in [-0.3, -0.25) is 0 Å². The summed E-state index contributed by atoms with van der Waals surface area (Å²) in [4.78, 5) is 0.105. The largest absolute Gasteiger partial charge is 0.392 e. The Labute approximate surface area is 104 Å². The molecule has 0 unspecified atom stereocenters. The lowest BCUT2D eigenvalue weighted by Crippen LogP contribution is -2.23. The maximum Gasteiger partial charge on any atom is 0.240 e. The molecule has 0 radical (unpaired) electrons. The minimum atomic E-state index is -3.62. The third kappa shape index (κ3) is 2.95. The van der Waals surface area contributed by atoms with Crippen molar-refractivity contribution in [3.63, 3.8) is 0 Å². The van der Waals surface area contributed by atoms with Crippen molar-refractivity contribution in [1.29, 1.82) is 0 Å². The summed E-state index contributed by atoms with van der Waals surface area (Å²) >= 11 is 0. The third-order valence-corrected chi connectivity index (χ3v) is 3.72. The lowest BCUT2D eigenvalue weighted by Gasteiger charge is -2.06. The van der Waals surface area contributed by atoms with Gasteiger partial charge in [0.1, 0.15) is 0 Å². The molecule has 0 spiro atoms. The molecule has 0 fully saturated rings. The summed E-state index contributed by atoms with van der Waals surface area (Å²) < 4.78 is 31.1. The molecule has 2 aromatic rings. The molecule has 0 atom stereocenters. The molecule has 0 bridgehead atoms. The molecule has 0 amide bonds. The molecule has 2 rings (SSSR count). The summed E-state index contributed by atoms with van der Waals surface area (Å²) in [5.74, 6) is 0.428. The fourth-order valence-corrected chi connectivity index (χ4v) is 2.46. The summed E-state index contributed by atoms with van der Waals surface area (Å²) in [6, 6.07) is 7.68. The highest BCUT2D eigenvalue weighted by Gasteiger charge is 2.14. The molecule has 0 aliphatic heterocycles. The van der Waals surface area contributed by atoms with Crippen LogP contribution in [-0.2, 0) is 23.2 Å². The van der Waals surface area contributed by atoms with Crippen LogP contribution < -0.4 is 4.72 Å². The number of aromatic nitrogens is 1. The topological polar surface area (TPSA) is 92.4 Å². The van der Waals surface area contributed by atoms with E-state index in [2.05, 4.69) is 9.88 Å². The molecule has 96 valence electrons. The van der Waals surface area contributed by atoms with Crippen LogP contribution in [0.1, 0.15) is 11.3 Å². The quantitative estimate of drug-likeness (QED) is 0.830. The fourth-order valence-electron chi connectivity index (χ4n) is 1.39. The Morgan fingerprint density at radius 1 is 1.33 bits per heavy atom. The first-order valence-corrected chi connectivity index (χ1v) is 6.69. The van der Waals surface area contributed by atoms with Gasteiger partial charge in [0, 0.05) is 6.07 Å². The van der Waals surface area contributed by atoms with Gasteiger partial charge < -0.3 is 9.63 Å². The highest BCUT2D eigenvalue weighted by atomic mass is 32.2. The predicted molar refractivity (Wildman–Crippen MR) is 62.9 cm³/mol. The summed E-state index contributed by atoms with van der Waals surface area (Å²) in [5, 5.41) is 12.4. The molecule has 7 heteroatoms. The summed E-state index contributed by atoms with van der Waals surface area (Å²) in [6.45, 7) is -0.169. The van der Waals surface area contributed by atoms with Gasteiger partial charge in [0.2, 0.25) is 10.0 Å². The molecular weight excluding hydrogens is 256 g/mol. The lowest BCUT2D eigenvalue weighted by molar-refractivity contribution is 0.281. The minimum absolute atomic E-state index is 0.0334. The van der Waals surface area contributed by atoms with Crippen LogP contribution >= 0.6 is 0 Å². The Bertz CT molecular complexity index is 608. The average Bonchev–Trinajstić information content (AvgIpc) is 2.90. The van der Waals surface area contributed by atoms with Gasteiger partial charge in [-0.2, -0.15) is 0 Å². The molecule has 2 N–H and O–H groups in total. The molecule has 0 aliphatic rings. The molecule has 1 aromatic heterocycles. The van der Waals surface area contributed by atoms with Crippen molar-refractivity contribution < 1.29 is 18.0 Å². The molecule has 0 saturated heterocycles.